The predicted octanol–water partition coefficient (Wildman–Crippen LogP) is 2.96. The molecule has 2 aromatic heterocycles. The number of aromatic nitrogens is 4. The summed E-state index contributed by atoms with van der Waals surface area (Å²) in [5.74, 6) is 3.78. The molecule has 1 aromatic carbocycles. The van der Waals surface area contributed by atoms with E-state index in [1.54, 1.807) is 11.7 Å². The first-order chi connectivity index (χ1) is 14.8. The number of thioether (sulfide) groups is 1. The van der Waals surface area contributed by atoms with Crippen molar-refractivity contribution in [3.05, 3.63) is 57.8 Å². The number of anilines is 1. The molecule has 5 rings (SSSR count). The van der Waals surface area contributed by atoms with Gasteiger partial charge in [0.25, 0.3) is 5.56 Å². The fourth-order valence-corrected chi connectivity index (χ4v) is 5.37. The largest absolute Gasteiger partial charge is 0.383 e. The van der Waals surface area contributed by atoms with E-state index in [2.05, 4.69) is 21.2 Å². The number of benzene rings is 1. The van der Waals surface area contributed by atoms with Crippen LogP contribution in [0.2, 0.25) is 0 Å². The number of hydrogen-bond acceptors (Lipinski definition) is 7. The van der Waals surface area contributed by atoms with Gasteiger partial charge in [0.15, 0.2) is 5.82 Å². The number of nitrogens with zero attached hydrogens (tertiary/aromatic N) is 5. The van der Waals surface area contributed by atoms with Gasteiger partial charge in [0.05, 0.1) is 35.8 Å². The van der Waals surface area contributed by atoms with Crippen LogP contribution >= 0.6 is 11.8 Å². The van der Waals surface area contributed by atoms with Crippen LogP contribution in [0.4, 0.5) is 5.82 Å². The Morgan fingerprint density at radius 2 is 2.17 bits per heavy atom. The molecule has 8 heteroatoms. The van der Waals surface area contributed by atoms with Crippen molar-refractivity contribution in [3.8, 4) is 0 Å². The van der Waals surface area contributed by atoms with Gasteiger partial charge in [-0.25, -0.2) is 4.98 Å². The SMILES string of the molecule is COCCn1c(C2CCCN2c2cc3c(nn2)CCSC3)nc2ccccc2c1=O. The van der Waals surface area contributed by atoms with Crippen LogP contribution in [-0.2, 0) is 23.5 Å². The maximum atomic E-state index is 13.3. The molecular weight excluding hydrogens is 398 g/mol. The first-order valence-electron chi connectivity index (χ1n) is 10.4. The number of aryl methyl sites for hydroxylation is 1. The fourth-order valence-electron chi connectivity index (χ4n) is 4.42. The Morgan fingerprint density at radius 1 is 1.27 bits per heavy atom. The highest BCUT2D eigenvalue weighted by molar-refractivity contribution is 7.98. The third-order valence-electron chi connectivity index (χ3n) is 5.94. The predicted molar refractivity (Wildman–Crippen MR) is 119 cm³/mol. The molecule has 7 nitrogen and oxygen atoms in total. The summed E-state index contributed by atoms with van der Waals surface area (Å²) in [6.07, 6.45) is 2.95. The van der Waals surface area contributed by atoms with Gasteiger partial charge in [-0.15, -0.1) is 5.10 Å². The highest BCUT2D eigenvalue weighted by atomic mass is 32.2. The van der Waals surface area contributed by atoms with Gasteiger partial charge in [0.1, 0.15) is 5.82 Å². The molecule has 2 aliphatic heterocycles. The summed E-state index contributed by atoms with van der Waals surface area (Å²) in [5, 5.41) is 9.72. The second-order valence-electron chi connectivity index (χ2n) is 7.77. The molecule has 2 aliphatic rings. The minimum Gasteiger partial charge on any atom is -0.383 e. The summed E-state index contributed by atoms with van der Waals surface area (Å²) < 4.78 is 7.07. The molecule has 30 heavy (non-hydrogen) atoms. The lowest BCUT2D eigenvalue weighted by Gasteiger charge is -2.28. The van der Waals surface area contributed by atoms with E-state index in [9.17, 15) is 4.79 Å². The lowest BCUT2D eigenvalue weighted by atomic mass is 10.1. The highest BCUT2D eigenvalue weighted by Gasteiger charge is 2.32. The van der Waals surface area contributed by atoms with E-state index in [-0.39, 0.29) is 11.6 Å². The van der Waals surface area contributed by atoms with Crippen LogP contribution in [0, 0.1) is 0 Å². The summed E-state index contributed by atoms with van der Waals surface area (Å²) in [6, 6.07) is 9.76. The highest BCUT2D eigenvalue weighted by Crippen LogP contribution is 2.36. The van der Waals surface area contributed by atoms with Crippen LogP contribution in [0.5, 0.6) is 0 Å². The van der Waals surface area contributed by atoms with Gasteiger partial charge in [0, 0.05) is 25.8 Å². The quantitative estimate of drug-likeness (QED) is 0.625. The smallest absolute Gasteiger partial charge is 0.261 e. The Balaban J connectivity index is 1.59. The standard InChI is InChI=1S/C22H25N5O2S/c1-29-11-10-27-21(23-18-6-3-2-5-16(18)22(27)28)19-7-4-9-26(19)20-13-15-14-30-12-8-17(15)24-25-20/h2-3,5-6,13,19H,4,7-12,14H2,1H3. The van der Waals surface area contributed by atoms with Gasteiger partial charge < -0.3 is 9.64 Å². The summed E-state index contributed by atoms with van der Waals surface area (Å²) >= 11 is 1.94. The van der Waals surface area contributed by atoms with Crippen molar-refractivity contribution in [3.63, 3.8) is 0 Å². The molecule has 4 heterocycles. The second kappa shape index (κ2) is 8.35. The molecule has 0 saturated carbocycles. The Hall–Kier alpha value is -2.45. The van der Waals surface area contributed by atoms with Gasteiger partial charge in [-0.2, -0.15) is 16.9 Å². The van der Waals surface area contributed by atoms with Gasteiger partial charge >= 0.3 is 0 Å². The first kappa shape index (κ1) is 19.5. The van der Waals surface area contributed by atoms with Crippen LogP contribution in [0.1, 0.15) is 36.0 Å². The number of para-hydroxylation sites is 1. The molecule has 0 aliphatic carbocycles. The Morgan fingerprint density at radius 3 is 3.07 bits per heavy atom. The number of methoxy groups -OCH3 is 1. The summed E-state index contributed by atoms with van der Waals surface area (Å²) in [5.41, 5.74) is 3.14. The molecule has 0 spiro atoms. The number of ether oxygens (including phenoxy) is 1. The van der Waals surface area contributed by atoms with Crippen molar-refractivity contribution in [1.82, 2.24) is 19.7 Å². The average molecular weight is 424 g/mol. The molecule has 1 fully saturated rings. The van der Waals surface area contributed by atoms with E-state index in [1.807, 2.05) is 36.0 Å². The molecule has 0 radical (unpaired) electrons. The topological polar surface area (TPSA) is 73.1 Å². The normalized spacial score (nSPS) is 18.7. The summed E-state index contributed by atoms with van der Waals surface area (Å²) in [7, 11) is 1.65. The van der Waals surface area contributed by atoms with Crippen LogP contribution < -0.4 is 10.5 Å². The minimum atomic E-state index is -0.00701. The van der Waals surface area contributed by atoms with Crippen molar-refractivity contribution in [2.24, 2.45) is 0 Å². The Bertz CT molecular complexity index is 1130. The Kier molecular flexibility index (Phi) is 5.43. The lowest BCUT2D eigenvalue weighted by molar-refractivity contribution is 0.184. The van der Waals surface area contributed by atoms with Crippen LogP contribution in [0.3, 0.4) is 0 Å². The first-order valence-corrected chi connectivity index (χ1v) is 11.6. The molecular formula is C22H25N5O2S. The molecule has 156 valence electrons. The number of rotatable bonds is 5. The van der Waals surface area contributed by atoms with Gasteiger partial charge in [-0.1, -0.05) is 12.1 Å². The molecule has 1 saturated heterocycles. The fraction of sp³-hybridized carbons (Fsp3) is 0.455. The molecule has 0 N–H and O–H groups in total. The van der Waals surface area contributed by atoms with E-state index < -0.39 is 0 Å². The number of fused-ring (bicyclic) bond motifs is 2. The minimum absolute atomic E-state index is 0.00255. The summed E-state index contributed by atoms with van der Waals surface area (Å²) in [4.78, 5) is 20.5. The third kappa shape index (κ3) is 3.48. The Labute approximate surface area is 179 Å². The average Bonchev–Trinajstić information content (AvgIpc) is 3.28. The molecule has 0 amide bonds. The number of hydrogen-bond donors (Lipinski definition) is 0. The van der Waals surface area contributed by atoms with E-state index in [0.29, 0.717) is 18.5 Å². The lowest BCUT2D eigenvalue weighted by Crippen LogP contribution is -2.33. The zero-order chi connectivity index (χ0) is 20.5. The van der Waals surface area contributed by atoms with Crippen LogP contribution in [-0.4, -0.2) is 45.8 Å². The summed E-state index contributed by atoms with van der Waals surface area (Å²) in [6.45, 7) is 1.84. The van der Waals surface area contributed by atoms with Crippen molar-refractivity contribution >= 4 is 28.5 Å². The van der Waals surface area contributed by atoms with Gasteiger partial charge in [-0.05, 0) is 42.4 Å². The van der Waals surface area contributed by atoms with Crippen molar-refractivity contribution < 1.29 is 4.74 Å². The van der Waals surface area contributed by atoms with Gasteiger partial charge in [-0.3, -0.25) is 9.36 Å². The maximum Gasteiger partial charge on any atom is 0.261 e. The van der Waals surface area contributed by atoms with E-state index in [1.165, 1.54) is 5.56 Å². The van der Waals surface area contributed by atoms with Crippen LogP contribution in [0.25, 0.3) is 10.9 Å². The zero-order valence-corrected chi connectivity index (χ0v) is 17.9. The van der Waals surface area contributed by atoms with E-state index >= 15 is 0 Å². The van der Waals surface area contributed by atoms with E-state index in [4.69, 9.17) is 9.72 Å². The zero-order valence-electron chi connectivity index (χ0n) is 17.1. The van der Waals surface area contributed by atoms with Crippen LogP contribution in [0.15, 0.2) is 35.1 Å². The third-order valence-corrected chi connectivity index (χ3v) is 6.95. The van der Waals surface area contributed by atoms with Gasteiger partial charge in [0.2, 0.25) is 0 Å². The maximum absolute atomic E-state index is 13.3. The van der Waals surface area contributed by atoms with E-state index in [0.717, 1.165) is 60.2 Å². The van der Waals surface area contributed by atoms with Crippen molar-refractivity contribution in [2.45, 2.75) is 37.6 Å². The second-order valence-corrected chi connectivity index (χ2v) is 8.87. The van der Waals surface area contributed by atoms with Crippen molar-refractivity contribution in [1.29, 1.82) is 0 Å². The molecule has 1 atom stereocenters. The molecule has 3 aromatic rings. The molecule has 0 bridgehead atoms. The molecule has 1 unspecified atom stereocenters. The van der Waals surface area contributed by atoms with Crippen molar-refractivity contribution in [2.75, 3.05) is 30.9 Å². The monoisotopic (exact) mass is 423 g/mol.